The van der Waals surface area contributed by atoms with Crippen molar-refractivity contribution in [3.05, 3.63) is 48.5 Å². The van der Waals surface area contributed by atoms with Gasteiger partial charge >= 0.3 is 0 Å². The monoisotopic (exact) mass is 565 g/mol. The molecule has 1 aliphatic heterocycles. The normalized spacial score (nSPS) is 15.2. The Balaban J connectivity index is 1.45. The van der Waals surface area contributed by atoms with Crippen LogP contribution in [0.1, 0.15) is 46.0 Å². The molecular formula is C30H39N5O4S. The summed E-state index contributed by atoms with van der Waals surface area (Å²) >= 11 is 1.36. The highest BCUT2D eigenvalue weighted by Crippen LogP contribution is 2.30. The first-order valence-corrected chi connectivity index (χ1v) is 14.9. The number of piperazine rings is 1. The Hall–Kier alpha value is -3.53. The molecular weight excluding hydrogens is 526 g/mol. The van der Waals surface area contributed by atoms with Crippen LogP contribution >= 0.6 is 11.8 Å². The molecule has 40 heavy (non-hydrogen) atoms. The third kappa shape index (κ3) is 7.15. The van der Waals surface area contributed by atoms with Crippen LogP contribution in [0.5, 0.6) is 11.5 Å². The van der Waals surface area contributed by atoms with Gasteiger partial charge in [0.1, 0.15) is 11.5 Å². The zero-order valence-electron chi connectivity index (χ0n) is 23.8. The van der Waals surface area contributed by atoms with E-state index in [1.165, 1.54) is 11.8 Å². The van der Waals surface area contributed by atoms with Crippen molar-refractivity contribution in [2.45, 2.75) is 57.1 Å². The Morgan fingerprint density at radius 2 is 1.73 bits per heavy atom. The van der Waals surface area contributed by atoms with Crippen LogP contribution in [-0.2, 0) is 9.59 Å². The van der Waals surface area contributed by atoms with Crippen LogP contribution in [0.25, 0.3) is 17.1 Å². The summed E-state index contributed by atoms with van der Waals surface area (Å²) < 4.78 is 12.7. The molecule has 2 amide bonds. The molecule has 0 saturated carbocycles. The van der Waals surface area contributed by atoms with Gasteiger partial charge in [0.25, 0.3) is 0 Å². The van der Waals surface area contributed by atoms with Crippen molar-refractivity contribution in [2.24, 2.45) is 0 Å². The number of amides is 2. The van der Waals surface area contributed by atoms with Crippen molar-refractivity contribution >= 4 is 23.6 Å². The van der Waals surface area contributed by atoms with Crippen molar-refractivity contribution in [1.82, 2.24) is 24.6 Å². The van der Waals surface area contributed by atoms with E-state index in [9.17, 15) is 9.59 Å². The first-order chi connectivity index (χ1) is 19.4. The van der Waals surface area contributed by atoms with E-state index in [2.05, 4.69) is 17.1 Å². The molecule has 1 aliphatic rings. The molecule has 2 aromatic carbocycles. The second-order valence-corrected chi connectivity index (χ2v) is 10.9. The van der Waals surface area contributed by atoms with Crippen LogP contribution < -0.4 is 9.47 Å². The number of nitrogens with zero attached hydrogens (tertiary/aromatic N) is 5. The highest BCUT2D eigenvalue weighted by Gasteiger charge is 2.29. The Morgan fingerprint density at radius 3 is 2.42 bits per heavy atom. The predicted molar refractivity (Wildman–Crippen MR) is 157 cm³/mol. The maximum atomic E-state index is 13.2. The lowest BCUT2D eigenvalue weighted by atomic mass is 10.1. The molecule has 2 heterocycles. The molecule has 0 N–H and O–H groups in total. The van der Waals surface area contributed by atoms with Gasteiger partial charge in [0.05, 0.1) is 20.0 Å². The number of carbonyl (C=O) groups excluding carboxylic acids is 2. The fourth-order valence-corrected chi connectivity index (χ4v) is 5.75. The number of methoxy groups -OCH3 is 2. The fourth-order valence-electron chi connectivity index (χ4n) is 4.90. The topological polar surface area (TPSA) is 89.8 Å². The Morgan fingerprint density at radius 1 is 0.950 bits per heavy atom. The molecule has 1 atom stereocenters. The maximum absolute atomic E-state index is 13.2. The van der Waals surface area contributed by atoms with Gasteiger partial charge in [-0.1, -0.05) is 50.1 Å². The molecule has 214 valence electrons. The number of aromatic nitrogens is 3. The van der Waals surface area contributed by atoms with Gasteiger partial charge in [-0.15, -0.1) is 10.2 Å². The standard InChI is InChI=1S/C30H39N5O4S/c1-5-6-7-8-12-27(36)34-18-17-33(20-22(34)2)28(37)21-40-30-32-31-29(23-10-9-11-26(19-23)39-4)35(30)24-13-15-25(38-3)16-14-24/h9-11,13-16,19,22H,5-8,12,17-18,20-21H2,1-4H3. The van der Waals surface area contributed by atoms with Gasteiger partial charge in [-0.25, -0.2) is 0 Å². The van der Waals surface area contributed by atoms with Crippen molar-refractivity contribution in [2.75, 3.05) is 39.6 Å². The zero-order valence-corrected chi connectivity index (χ0v) is 24.7. The third-order valence-electron chi connectivity index (χ3n) is 7.16. The van der Waals surface area contributed by atoms with Gasteiger partial charge in [0, 0.05) is 43.3 Å². The van der Waals surface area contributed by atoms with Crippen molar-refractivity contribution < 1.29 is 19.1 Å². The minimum atomic E-state index is 0.00370. The summed E-state index contributed by atoms with van der Waals surface area (Å²) in [7, 11) is 3.26. The first kappa shape index (κ1) is 29.5. The summed E-state index contributed by atoms with van der Waals surface area (Å²) in [5, 5.41) is 9.56. The Labute approximate surface area is 240 Å². The van der Waals surface area contributed by atoms with Gasteiger partial charge < -0.3 is 19.3 Å². The molecule has 0 radical (unpaired) electrons. The molecule has 9 nitrogen and oxygen atoms in total. The predicted octanol–water partition coefficient (Wildman–Crippen LogP) is 5.07. The molecule has 3 aromatic rings. The SMILES string of the molecule is CCCCCCC(=O)N1CCN(C(=O)CSc2nnc(-c3cccc(OC)c3)n2-c2ccc(OC)cc2)CC1C. The molecule has 0 bridgehead atoms. The average molecular weight is 566 g/mol. The van der Waals surface area contributed by atoms with E-state index in [0.29, 0.717) is 37.0 Å². The molecule has 1 aromatic heterocycles. The summed E-state index contributed by atoms with van der Waals surface area (Å²) in [5.41, 5.74) is 1.71. The minimum absolute atomic E-state index is 0.00370. The lowest BCUT2D eigenvalue weighted by Gasteiger charge is -2.40. The number of benzene rings is 2. The van der Waals surface area contributed by atoms with Gasteiger partial charge in [0.2, 0.25) is 11.8 Å². The summed E-state index contributed by atoms with van der Waals surface area (Å²) in [6.45, 7) is 5.86. The molecule has 0 spiro atoms. The van der Waals surface area contributed by atoms with Gasteiger partial charge in [-0.2, -0.15) is 0 Å². The van der Waals surface area contributed by atoms with E-state index in [-0.39, 0.29) is 23.6 Å². The number of unbranched alkanes of at least 4 members (excludes halogenated alkanes) is 3. The largest absolute Gasteiger partial charge is 0.497 e. The number of ether oxygens (including phenoxy) is 2. The minimum Gasteiger partial charge on any atom is -0.497 e. The molecule has 1 fully saturated rings. The lowest BCUT2D eigenvalue weighted by molar-refractivity contribution is -0.141. The average Bonchev–Trinajstić information content (AvgIpc) is 3.42. The highest BCUT2D eigenvalue weighted by atomic mass is 32.2. The third-order valence-corrected chi connectivity index (χ3v) is 8.08. The summed E-state index contributed by atoms with van der Waals surface area (Å²) in [5.74, 6) is 2.57. The Kier molecular flexibility index (Phi) is 10.5. The van der Waals surface area contributed by atoms with Crippen molar-refractivity contribution in [3.8, 4) is 28.6 Å². The highest BCUT2D eigenvalue weighted by molar-refractivity contribution is 7.99. The number of carbonyl (C=O) groups is 2. The van der Waals surface area contributed by atoms with E-state index in [0.717, 1.165) is 48.4 Å². The van der Waals surface area contributed by atoms with E-state index in [1.807, 2.05) is 69.8 Å². The van der Waals surface area contributed by atoms with Crippen molar-refractivity contribution in [1.29, 1.82) is 0 Å². The van der Waals surface area contributed by atoms with Crippen LogP contribution in [0.2, 0.25) is 0 Å². The van der Waals surface area contributed by atoms with Gasteiger partial charge in [-0.3, -0.25) is 14.2 Å². The maximum Gasteiger partial charge on any atom is 0.233 e. The van der Waals surface area contributed by atoms with E-state index < -0.39 is 0 Å². The number of hydrogen-bond donors (Lipinski definition) is 0. The molecule has 10 heteroatoms. The zero-order chi connectivity index (χ0) is 28.5. The van der Waals surface area contributed by atoms with Crippen LogP contribution in [0, 0.1) is 0 Å². The van der Waals surface area contributed by atoms with E-state index >= 15 is 0 Å². The molecule has 4 rings (SSSR count). The molecule has 0 aliphatic carbocycles. The number of rotatable bonds is 12. The van der Waals surface area contributed by atoms with Gasteiger partial charge in [0.15, 0.2) is 11.0 Å². The number of hydrogen-bond acceptors (Lipinski definition) is 7. The first-order valence-electron chi connectivity index (χ1n) is 13.9. The van der Waals surface area contributed by atoms with E-state index in [4.69, 9.17) is 9.47 Å². The summed E-state index contributed by atoms with van der Waals surface area (Å²) in [4.78, 5) is 29.7. The molecule has 1 saturated heterocycles. The lowest BCUT2D eigenvalue weighted by Crippen LogP contribution is -2.55. The van der Waals surface area contributed by atoms with Crippen LogP contribution in [0.3, 0.4) is 0 Å². The number of thioether (sulfide) groups is 1. The van der Waals surface area contributed by atoms with Crippen LogP contribution in [-0.4, -0.2) is 82.0 Å². The quantitative estimate of drug-likeness (QED) is 0.224. The van der Waals surface area contributed by atoms with E-state index in [1.54, 1.807) is 14.2 Å². The van der Waals surface area contributed by atoms with Crippen molar-refractivity contribution in [3.63, 3.8) is 0 Å². The summed E-state index contributed by atoms with van der Waals surface area (Å²) in [6.07, 6.45) is 4.93. The smallest absolute Gasteiger partial charge is 0.233 e. The Bertz CT molecular complexity index is 1280. The van der Waals surface area contributed by atoms with Crippen LogP contribution in [0.4, 0.5) is 0 Å². The second kappa shape index (κ2) is 14.2. The van der Waals surface area contributed by atoms with Crippen LogP contribution in [0.15, 0.2) is 53.7 Å². The fraction of sp³-hybridized carbons (Fsp3) is 0.467. The summed E-state index contributed by atoms with van der Waals surface area (Å²) in [6, 6.07) is 15.3. The molecule has 1 unspecified atom stereocenters. The van der Waals surface area contributed by atoms with Gasteiger partial charge in [-0.05, 0) is 49.7 Å². The second-order valence-electron chi connectivity index (χ2n) is 9.95.